The summed E-state index contributed by atoms with van der Waals surface area (Å²) in [6, 6.07) is 8.00. The van der Waals surface area contributed by atoms with Gasteiger partial charge in [0.1, 0.15) is 0 Å². The molecule has 2 saturated heterocycles. The quantitative estimate of drug-likeness (QED) is 0.842. The topological polar surface area (TPSA) is 40.6 Å². The molecule has 2 aliphatic heterocycles. The molecule has 0 aromatic heterocycles. The van der Waals surface area contributed by atoms with Crippen LogP contribution in [0, 0.1) is 11.8 Å². The molecule has 0 radical (unpaired) electrons. The number of benzene rings is 1. The van der Waals surface area contributed by atoms with Crippen molar-refractivity contribution >= 4 is 23.4 Å². The van der Waals surface area contributed by atoms with Crippen LogP contribution in [0.2, 0.25) is 5.02 Å². The Balaban J connectivity index is 1.49. The van der Waals surface area contributed by atoms with Crippen molar-refractivity contribution in [3.8, 4) is 0 Å². The third-order valence-electron chi connectivity index (χ3n) is 5.32. The van der Waals surface area contributed by atoms with E-state index in [0.717, 1.165) is 43.8 Å². The lowest BCUT2D eigenvalue weighted by molar-refractivity contribution is -0.139. The first-order valence-electron chi connectivity index (χ1n) is 8.81. The Labute approximate surface area is 148 Å². The van der Waals surface area contributed by atoms with Gasteiger partial charge in [0.2, 0.25) is 11.8 Å². The average molecular weight is 349 g/mol. The molecule has 0 N–H and O–H groups in total. The lowest BCUT2D eigenvalue weighted by Gasteiger charge is -2.32. The number of amides is 2. The molecule has 0 spiro atoms. The van der Waals surface area contributed by atoms with Crippen LogP contribution in [-0.2, 0) is 16.0 Å². The highest BCUT2D eigenvalue weighted by atomic mass is 35.5. The molecule has 0 saturated carbocycles. The minimum Gasteiger partial charge on any atom is -0.343 e. The summed E-state index contributed by atoms with van der Waals surface area (Å²) in [6.07, 6.45) is 3.68. The highest BCUT2D eigenvalue weighted by Gasteiger charge is 2.33. The molecule has 2 heterocycles. The number of likely N-dealkylation sites (tertiary alicyclic amines) is 2. The number of hydrogen-bond donors (Lipinski definition) is 0. The van der Waals surface area contributed by atoms with E-state index in [1.807, 2.05) is 21.9 Å². The number of piperidine rings is 1. The predicted octanol–water partition coefficient (Wildman–Crippen LogP) is 2.99. The van der Waals surface area contributed by atoms with Crippen molar-refractivity contribution in [1.29, 1.82) is 0 Å². The summed E-state index contributed by atoms with van der Waals surface area (Å²) in [7, 11) is 0. The number of halogens is 1. The number of nitrogens with zero attached hydrogens (tertiary/aromatic N) is 2. The van der Waals surface area contributed by atoms with Crippen molar-refractivity contribution in [3.05, 3.63) is 34.9 Å². The molecule has 1 atom stereocenters. The minimum absolute atomic E-state index is 0.0925. The first kappa shape index (κ1) is 17.3. The van der Waals surface area contributed by atoms with Crippen LogP contribution in [-0.4, -0.2) is 47.8 Å². The van der Waals surface area contributed by atoms with Crippen LogP contribution >= 0.6 is 11.6 Å². The van der Waals surface area contributed by atoms with E-state index < -0.39 is 0 Å². The number of hydrogen-bond acceptors (Lipinski definition) is 2. The van der Waals surface area contributed by atoms with Gasteiger partial charge in [-0.2, -0.15) is 0 Å². The Morgan fingerprint density at radius 2 is 1.67 bits per heavy atom. The van der Waals surface area contributed by atoms with Gasteiger partial charge in [-0.25, -0.2) is 0 Å². The van der Waals surface area contributed by atoms with E-state index >= 15 is 0 Å². The van der Waals surface area contributed by atoms with E-state index in [1.165, 1.54) is 5.56 Å². The third kappa shape index (κ3) is 4.10. The Morgan fingerprint density at radius 3 is 2.29 bits per heavy atom. The molecule has 4 nitrogen and oxygen atoms in total. The fraction of sp³-hybridized carbons (Fsp3) is 0.579. The zero-order valence-electron chi connectivity index (χ0n) is 14.2. The highest BCUT2D eigenvalue weighted by molar-refractivity contribution is 6.30. The monoisotopic (exact) mass is 348 g/mol. The fourth-order valence-electron chi connectivity index (χ4n) is 3.85. The van der Waals surface area contributed by atoms with E-state index in [9.17, 15) is 9.59 Å². The minimum atomic E-state index is 0.0925. The molecule has 2 amide bonds. The van der Waals surface area contributed by atoms with E-state index in [1.54, 1.807) is 6.92 Å². The second-order valence-electron chi connectivity index (χ2n) is 7.05. The van der Waals surface area contributed by atoms with Gasteiger partial charge in [-0.1, -0.05) is 23.7 Å². The van der Waals surface area contributed by atoms with Gasteiger partial charge < -0.3 is 9.80 Å². The van der Waals surface area contributed by atoms with E-state index in [2.05, 4.69) is 12.1 Å². The van der Waals surface area contributed by atoms with Gasteiger partial charge in [0.05, 0.1) is 0 Å². The zero-order valence-corrected chi connectivity index (χ0v) is 15.0. The summed E-state index contributed by atoms with van der Waals surface area (Å²) < 4.78 is 0. The average Bonchev–Trinajstić information content (AvgIpc) is 3.05. The maximum atomic E-state index is 12.7. The van der Waals surface area contributed by atoms with Crippen LogP contribution in [0.1, 0.15) is 31.7 Å². The number of rotatable bonds is 3. The van der Waals surface area contributed by atoms with Gasteiger partial charge in [0.25, 0.3) is 0 Å². The van der Waals surface area contributed by atoms with Crippen molar-refractivity contribution in [2.45, 2.75) is 32.6 Å². The number of carbonyl (C=O) groups excluding carboxylic acids is 2. The summed E-state index contributed by atoms with van der Waals surface area (Å²) in [5.74, 6) is 1.03. The molecule has 1 unspecified atom stereocenters. The van der Waals surface area contributed by atoms with Crippen molar-refractivity contribution in [1.82, 2.24) is 9.80 Å². The Hall–Kier alpha value is -1.55. The van der Waals surface area contributed by atoms with Gasteiger partial charge in [-0.15, -0.1) is 0 Å². The van der Waals surface area contributed by atoms with Gasteiger partial charge in [0.15, 0.2) is 0 Å². The predicted molar refractivity (Wildman–Crippen MR) is 94.8 cm³/mol. The van der Waals surface area contributed by atoms with Crippen LogP contribution in [0.5, 0.6) is 0 Å². The van der Waals surface area contributed by atoms with Gasteiger partial charge in [-0.3, -0.25) is 9.59 Å². The van der Waals surface area contributed by atoms with Crippen LogP contribution in [0.15, 0.2) is 24.3 Å². The zero-order chi connectivity index (χ0) is 17.1. The second kappa shape index (κ2) is 7.56. The van der Waals surface area contributed by atoms with Crippen LogP contribution < -0.4 is 0 Å². The Bertz CT molecular complexity index is 594. The van der Waals surface area contributed by atoms with Crippen molar-refractivity contribution in [2.24, 2.45) is 11.8 Å². The van der Waals surface area contributed by atoms with Crippen LogP contribution in [0.25, 0.3) is 0 Å². The molecule has 5 heteroatoms. The summed E-state index contributed by atoms with van der Waals surface area (Å²) in [5, 5.41) is 0.763. The molecule has 0 bridgehead atoms. The molecule has 0 aliphatic carbocycles. The first-order chi connectivity index (χ1) is 11.5. The summed E-state index contributed by atoms with van der Waals surface area (Å²) in [4.78, 5) is 28.0. The summed E-state index contributed by atoms with van der Waals surface area (Å²) in [6.45, 7) is 4.75. The fourth-order valence-corrected chi connectivity index (χ4v) is 3.98. The molecular weight excluding hydrogens is 324 g/mol. The maximum absolute atomic E-state index is 12.7. The lowest BCUT2D eigenvalue weighted by atomic mass is 9.95. The molecule has 1 aromatic rings. The third-order valence-corrected chi connectivity index (χ3v) is 5.58. The second-order valence-corrected chi connectivity index (χ2v) is 7.49. The van der Waals surface area contributed by atoms with E-state index in [4.69, 9.17) is 11.6 Å². The molecular formula is C19H25ClN2O2. The Morgan fingerprint density at radius 1 is 1.04 bits per heavy atom. The highest BCUT2D eigenvalue weighted by Crippen LogP contribution is 2.26. The molecule has 130 valence electrons. The van der Waals surface area contributed by atoms with Gasteiger partial charge >= 0.3 is 0 Å². The lowest BCUT2D eigenvalue weighted by Crippen LogP contribution is -2.43. The molecule has 2 fully saturated rings. The molecule has 24 heavy (non-hydrogen) atoms. The van der Waals surface area contributed by atoms with Crippen molar-refractivity contribution in [2.75, 3.05) is 26.2 Å². The van der Waals surface area contributed by atoms with Crippen molar-refractivity contribution in [3.63, 3.8) is 0 Å². The largest absolute Gasteiger partial charge is 0.343 e. The molecule has 2 aliphatic rings. The summed E-state index contributed by atoms with van der Waals surface area (Å²) in [5.41, 5.74) is 1.29. The SMILES string of the molecule is CC(=O)N1CCC(C(=O)N2CCC(Cc3ccc(Cl)cc3)C2)CC1. The Kier molecular flexibility index (Phi) is 5.44. The van der Waals surface area contributed by atoms with E-state index in [-0.39, 0.29) is 17.7 Å². The maximum Gasteiger partial charge on any atom is 0.225 e. The van der Waals surface area contributed by atoms with Crippen LogP contribution in [0.4, 0.5) is 0 Å². The standard InChI is InChI=1S/C19H25ClN2O2/c1-14(23)21-10-7-17(8-11-21)19(24)22-9-6-16(13-22)12-15-2-4-18(20)5-3-15/h2-5,16-17H,6-13H2,1H3. The van der Waals surface area contributed by atoms with Crippen LogP contribution in [0.3, 0.4) is 0 Å². The van der Waals surface area contributed by atoms with Gasteiger partial charge in [-0.05, 0) is 49.3 Å². The molecule has 3 rings (SSSR count). The first-order valence-corrected chi connectivity index (χ1v) is 9.19. The smallest absolute Gasteiger partial charge is 0.225 e. The van der Waals surface area contributed by atoms with Crippen molar-refractivity contribution < 1.29 is 9.59 Å². The normalized spacial score (nSPS) is 22.0. The molecule has 1 aromatic carbocycles. The van der Waals surface area contributed by atoms with E-state index in [0.29, 0.717) is 19.0 Å². The summed E-state index contributed by atoms with van der Waals surface area (Å²) >= 11 is 5.93. The van der Waals surface area contributed by atoms with Gasteiger partial charge in [0, 0.05) is 44.0 Å². The number of carbonyl (C=O) groups is 2.